The lowest BCUT2D eigenvalue weighted by atomic mass is 9.88. The van der Waals surface area contributed by atoms with Gasteiger partial charge in [-0.1, -0.05) is 65.1 Å². The molecule has 1 saturated heterocycles. The molecule has 1 atom stereocenters. The third kappa shape index (κ3) is 4.45. The van der Waals surface area contributed by atoms with Crippen LogP contribution in [0, 0.1) is 5.92 Å². The molecule has 5 rings (SSSR count). The molecule has 4 nitrogen and oxygen atoms in total. The summed E-state index contributed by atoms with van der Waals surface area (Å²) in [5.41, 5.74) is 5.40. The molecule has 2 aliphatic rings. The minimum atomic E-state index is -0.251. The summed E-state index contributed by atoms with van der Waals surface area (Å²) in [5.74, 6) is 0.547. The molecule has 2 heterocycles. The van der Waals surface area contributed by atoms with Crippen molar-refractivity contribution >= 4 is 52.2 Å². The average molecular weight is 501 g/mol. The highest BCUT2D eigenvalue weighted by Gasteiger charge is 2.31. The minimum absolute atomic E-state index is 0.251. The molecule has 0 bridgehead atoms. The molecule has 170 valence electrons. The van der Waals surface area contributed by atoms with Crippen LogP contribution in [-0.4, -0.2) is 19.1 Å². The highest BCUT2D eigenvalue weighted by molar-refractivity contribution is 6.40. The van der Waals surface area contributed by atoms with Gasteiger partial charge in [-0.05, 0) is 73.7 Å². The molecule has 33 heavy (non-hydrogen) atoms. The van der Waals surface area contributed by atoms with E-state index in [0.717, 1.165) is 41.9 Å². The number of hydrogen-bond donors (Lipinski definition) is 2. The van der Waals surface area contributed by atoms with Crippen molar-refractivity contribution in [2.75, 3.05) is 18.0 Å². The molecule has 2 amide bonds. The van der Waals surface area contributed by atoms with Crippen molar-refractivity contribution in [1.82, 2.24) is 10.6 Å². The Balaban J connectivity index is 1.70. The van der Waals surface area contributed by atoms with E-state index in [2.05, 4.69) is 22.8 Å². The quantitative estimate of drug-likeness (QED) is 0.397. The Labute approximate surface area is 208 Å². The van der Waals surface area contributed by atoms with E-state index in [0.29, 0.717) is 33.2 Å². The third-order valence-corrected chi connectivity index (χ3v) is 7.33. The summed E-state index contributed by atoms with van der Waals surface area (Å²) < 4.78 is 0. The number of amides is 2. The first-order valence-corrected chi connectivity index (χ1v) is 12.3. The molecule has 7 heteroatoms. The van der Waals surface area contributed by atoms with Gasteiger partial charge in [0.15, 0.2) is 0 Å². The van der Waals surface area contributed by atoms with Crippen LogP contribution < -0.4 is 15.5 Å². The van der Waals surface area contributed by atoms with E-state index < -0.39 is 0 Å². The fourth-order valence-electron chi connectivity index (χ4n) is 4.85. The van der Waals surface area contributed by atoms with Gasteiger partial charge in [0.2, 0.25) is 0 Å². The second kappa shape index (κ2) is 9.55. The molecule has 1 unspecified atom stereocenters. The van der Waals surface area contributed by atoms with E-state index in [1.54, 1.807) is 23.1 Å². The number of piperidine rings is 1. The van der Waals surface area contributed by atoms with Crippen LogP contribution in [-0.2, 0) is 13.0 Å². The monoisotopic (exact) mass is 499 g/mol. The molecule has 0 saturated carbocycles. The highest BCUT2D eigenvalue weighted by atomic mass is 35.5. The molecule has 0 aromatic heterocycles. The Hall–Kier alpha value is -2.24. The number of carbonyl (C=O) groups is 1. The lowest BCUT2D eigenvalue weighted by Crippen LogP contribution is -2.41. The van der Waals surface area contributed by atoms with Gasteiger partial charge in [-0.15, -0.1) is 0 Å². The number of nitrogens with one attached hydrogen (secondary N) is 2. The number of rotatable bonds is 4. The fourth-order valence-corrected chi connectivity index (χ4v) is 5.65. The number of halogens is 3. The van der Waals surface area contributed by atoms with E-state index >= 15 is 0 Å². The van der Waals surface area contributed by atoms with Gasteiger partial charge in [0.1, 0.15) is 0 Å². The maximum Gasteiger partial charge on any atom is 0.326 e. The molecular weight excluding hydrogens is 477 g/mol. The zero-order valence-electron chi connectivity index (χ0n) is 18.0. The molecule has 2 N–H and O–H groups in total. The lowest BCUT2D eigenvalue weighted by Gasteiger charge is -2.33. The summed E-state index contributed by atoms with van der Waals surface area (Å²) in [7, 11) is 0. The summed E-state index contributed by atoms with van der Waals surface area (Å²) in [5, 5.41) is 8.01. The smallest absolute Gasteiger partial charge is 0.326 e. The van der Waals surface area contributed by atoms with E-state index in [4.69, 9.17) is 34.8 Å². The maximum atomic E-state index is 13.1. The van der Waals surface area contributed by atoms with Gasteiger partial charge in [0.05, 0.1) is 21.4 Å². The summed E-state index contributed by atoms with van der Waals surface area (Å²) in [6, 6.07) is 17.2. The zero-order chi connectivity index (χ0) is 22.9. The Morgan fingerprint density at radius 1 is 0.939 bits per heavy atom. The third-order valence-electron chi connectivity index (χ3n) is 6.40. The lowest BCUT2D eigenvalue weighted by molar-refractivity contribution is 0.247. The van der Waals surface area contributed by atoms with Crippen LogP contribution in [0.2, 0.25) is 15.1 Å². The normalized spacial score (nSPS) is 18.1. The Morgan fingerprint density at radius 2 is 1.70 bits per heavy atom. The van der Waals surface area contributed by atoms with Crippen LogP contribution in [0.1, 0.15) is 24.0 Å². The second-order valence-corrected chi connectivity index (χ2v) is 9.82. The van der Waals surface area contributed by atoms with E-state index in [9.17, 15) is 4.79 Å². The highest BCUT2D eigenvalue weighted by Crippen LogP contribution is 2.45. The first-order valence-electron chi connectivity index (χ1n) is 11.2. The van der Waals surface area contributed by atoms with Crippen LogP contribution in [0.25, 0.3) is 11.1 Å². The van der Waals surface area contributed by atoms with E-state index in [-0.39, 0.29) is 6.03 Å². The number of benzene rings is 3. The van der Waals surface area contributed by atoms with Gasteiger partial charge in [-0.25, -0.2) is 4.79 Å². The van der Waals surface area contributed by atoms with Gasteiger partial charge in [0.25, 0.3) is 0 Å². The van der Waals surface area contributed by atoms with Crippen LogP contribution in [0.15, 0.2) is 54.6 Å². The van der Waals surface area contributed by atoms with Crippen molar-refractivity contribution in [3.8, 4) is 11.1 Å². The summed E-state index contributed by atoms with van der Waals surface area (Å²) in [6.07, 6.45) is 3.28. The summed E-state index contributed by atoms with van der Waals surface area (Å²) in [6.45, 7) is 2.47. The topological polar surface area (TPSA) is 44.4 Å². The maximum absolute atomic E-state index is 13.1. The summed E-state index contributed by atoms with van der Waals surface area (Å²) in [4.78, 5) is 14.7. The number of urea groups is 1. The van der Waals surface area contributed by atoms with Gasteiger partial charge in [-0.3, -0.25) is 4.90 Å². The van der Waals surface area contributed by atoms with Crippen molar-refractivity contribution in [1.29, 1.82) is 0 Å². The van der Waals surface area contributed by atoms with Gasteiger partial charge in [0, 0.05) is 22.7 Å². The van der Waals surface area contributed by atoms with Gasteiger partial charge < -0.3 is 10.6 Å². The number of hydrogen-bond acceptors (Lipinski definition) is 2. The molecule has 1 fully saturated rings. The molecule has 3 aromatic carbocycles. The number of fused-ring (bicyclic) bond motifs is 1. The number of carbonyl (C=O) groups excluding carboxylic acids is 1. The van der Waals surface area contributed by atoms with Crippen molar-refractivity contribution in [2.24, 2.45) is 5.92 Å². The predicted molar refractivity (Wildman–Crippen MR) is 137 cm³/mol. The standard InChI is InChI=1S/C26H24Cl3N3O/c27-21-7-2-1-6-18(21)19-12-17(11-16-5-4-10-30-14-16)13-24-20(19)15-31-26(33)32(24)25-22(28)8-3-9-23(25)29/h1-3,6-9,12-13,16,30H,4-5,10-11,14-15H2,(H,31,33). The van der Waals surface area contributed by atoms with Crippen molar-refractivity contribution in [3.05, 3.63) is 80.8 Å². The van der Waals surface area contributed by atoms with Crippen molar-refractivity contribution in [3.63, 3.8) is 0 Å². The minimum Gasteiger partial charge on any atom is -0.333 e. The molecule has 0 aliphatic carbocycles. The molecule has 3 aromatic rings. The van der Waals surface area contributed by atoms with Gasteiger partial charge >= 0.3 is 6.03 Å². The van der Waals surface area contributed by atoms with E-state index in [1.807, 2.05) is 24.3 Å². The number of anilines is 2. The second-order valence-electron chi connectivity index (χ2n) is 8.60. The fraction of sp³-hybridized carbons (Fsp3) is 0.269. The molecule has 0 radical (unpaired) electrons. The largest absolute Gasteiger partial charge is 0.333 e. The first kappa shape index (κ1) is 22.5. The number of nitrogens with zero attached hydrogens (tertiary/aromatic N) is 1. The van der Waals surface area contributed by atoms with Crippen molar-refractivity contribution < 1.29 is 4.79 Å². The SMILES string of the molecule is O=C1NCc2c(-c3ccccc3Cl)cc(CC3CCCNC3)cc2N1c1c(Cl)cccc1Cl. The van der Waals surface area contributed by atoms with Crippen LogP contribution in [0.3, 0.4) is 0 Å². The van der Waals surface area contributed by atoms with Crippen LogP contribution >= 0.6 is 34.8 Å². The van der Waals surface area contributed by atoms with Crippen LogP contribution in [0.4, 0.5) is 16.2 Å². The molecule has 0 spiro atoms. The van der Waals surface area contributed by atoms with Gasteiger partial charge in [-0.2, -0.15) is 0 Å². The number of para-hydroxylation sites is 1. The Morgan fingerprint density at radius 3 is 2.42 bits per heavy atom. The summed E-state index contributed by atoms with van der Waals surface area (Å²) >= 11 is 19.7. The average Bonchev–Trinajstić information content (AvgIpc) is 2.81. The van der Waals surface area contributed by atoms with Crippen LogP contribution in [0.5, 0.6) is 0 Å². The molecule has 2 aliphatic heterocycles. The van der Waals surface area contributed by atoms with Crippen molar-refractivity contribution in [2.45, 2.75) is 25.8 Å². The van der Waals surface area contributed by atoms with E-state index in [1.165, 1.54) is 18.4 Å². The predicted octanol–water partition coefficient (Wildman–Crippen LogP) is 7.22. The first-order chi connectivity index (χ1) is 16.0. The Bertz CT molecular complexity index is 1190. The molecular formula is C26H24Cl3N3O. The Kier molecular flexibility index (Phi) is 6.53. The zero-order valence-corrected chi connectivity index (χ0v) is 20.3.